The van der Waals surface area contributed by atoms with Crippen LogP contribution in [0.2, 0.25) is 0 Å². The van der Waals surface area contributed by atoms with Gasteiger partial charge in [-0.1, -0.05) is 56.5 Å². The summed E-state index contributed by atoms with van der Waals surface area (Å²) in [5.74, 6) is -0.0777. The van der Waals surface area contributed by atoms with Gasteiger partial charge in [-0.25, -0.2) is 0 Å². The van der Waals surface area contributed by atoms with Crippen LogP contribution in [0.15, 0.2) is 42.5 Å². The van der Waals surface area contributed by atoms with Gasteiger partial charge in [0.1, 0.15) is 11.2 Å². The standard InChI is InChI=1S/C24H31N3O2/c1-3-16-27-22(28)21-15-14-20(18-10-6-4-7-11-18)26(21)17-24(27,2)23(29)25-19-12-8-5-9-13-19/h4,6-7,10-11,14-15,19H,3,5,8-9,12-13,16-17H2,1-2H3,(H,25,29). The predicted molar refractivity (Wildman–Crippen MR) is 115 cm³/mol. The van der Waals surface area contributed by atoms with Gasteiger partial charge in [-0.3, -0.25) is 9.59 Å². The van der Waals surface area contributed by atoms with E-state index < -0.39 is 5.54 Å². The molecule has 0 radical (unpaired) electrons. The first-order chi connectivity index (χ1) is 14.0. The lowest BCUT2D eigenvalue weighted by Gasteiger charge is -2.45. The molecule has 0 bridgehead atoms. The van der Waals surface area contributed by atoms with Gasteiger partial charge < -0.3 is 14.8 Å². The largest absolute Gasteiger partial charge is 0.351 e. The van der Waals surface area contributed by atoms with E-state index in [1.54, 1.807) is 4.90 Å². The summed E-state index contributed by atoms with van der Waals surface area (Å²) in [5, 5.41) is 3.27. The molecule has 1 fully saturated rings. The van der Waals surface area contributed by atoms with Crippen LogP contribution in [-0.2, 0) is 11.3 Å². The highest BCUT2D eigenvalue weighted by Crippen LogP contribution is 2.33. The zero-order valence-electron chi connectivity index (χ0n) is 17.5. The van der Waals surface area contributed by atoms with Crippen molar-refractivity contribution in [2.45, 2.75) is 70.5 Å². The normalized spacial score (nSPS) is 22.4. The van der Waals surface area contributed by atoms with E-state index in [1.165, 1.54) is 19.3 Å². The molecule has 0 saturated heterocycles. The first-order valence-electron chi connectivity index (χ1n) is 10.9. The second kappa shape index (κ2) is 8.05. The number of benzene rings is 1. The SMILES string of the molecule is CCCN1C(=O)c2ccc(-c3ccccc3)n2CC1(C)C(=O)NC1CCCCC1. The van der Waals surface area contributed by atoms with Crippen molar-refractivity contribution in [2.75, 3.05) is 6.54 Å². The average Bonchev–Trinajstić information content (AvgIpc) is 3.16. The van der Waals surface area contributed by atoms with Gasteiger partial charge in [0.05, 0.1) is 6.54 Å². The number of fused-ring (bicyclic) bond motifs is 1. The Morgan fingerprint density at radius 1 is 1.07 bits per heavy atom. The molecular weight excluding hydrogens is 362 g/mol. The molecule has 1 aromatic carbocycles. The first kappa shape index (κ1) is 19.7. The van der Waals surface area contributed by atoms with Crippen molar-refractivity contribution >= 4 is 11.8 Å². The lowest BCUT2D eigenvalue weighted by molar-refractivity contribution is -0.133. The van der Waals surface area contributed by atoms with Crippen molar-refractivity contribution in [3.8, 4) is 11.3 Å². The molecule has 5 nitrogen and oxygen atoms in total. The van der Waals surface area contributed by atoms with Crippen molar-refractivity contribution in [1.29, 1.82) is 0 Å². The Hall–Kier alpha value is -2.56. The third-order valence-electron chi connectivity index (χ3n) is 6.45. The van der Waals surface area contributed by atoms with Crippen molar-refractivity contribution < 1.29 is 9.59 Å². The maximum Gasteiger partial charge on any atom is 0.271 e. The first-order valence-corrected chi connectivity index (χ1v) is 10.9. The van der Waals surface area contributed by atoms with Crippen LogP contribution in [-0.4, -0.2) is 39.4 Å². The summed E-state index contributed by atoms with van der Waals surface area (Å²) in [6.45, 7) is 5.04. The van der Waals surface area contributed by atoms with Gasteiger partial charge in [-0.15, -0.1) is 0 Å². The molecule has 1 aliphatic heterocycles. The predicted octanol–water partition coefficient (Wildman–Crippen LogP) is 4.23. The van der Waals surface area contributed by atoms with E-state index in [1.807, 2.05) is 54.0 Å². The minimum Gasteiger partial charge on any atom is -0.351 e. The van der Waals surface area contributed by atoms with E-state index in [0.717, 1.165) is 30.5 Å². The highest BCUT2D eigenvalue weighted by atomic mass is 16.2. The molecule has 1 N–H and O–H groups in total. The number of aromatic nitrogens is 1. The molecule has 1 aliphatic carbocycles. The van der Waals surface area contributed by atoms with Crippen LogP contribution in [0.3, 0.4) is 0 Å². The van der Waals surface area contributed by atoms with Crippen LogP contribution in [0.4, 0.5) is 0 Å². The van der Waals surface area contributed by atoms with Gasteiger partial charge in [-0.05, 0) is 43.9 Å². The Morgan fingerprint density at radius 2 is 1.76 bits per heavy atom. The van der Waals surface area contributed by atoms with E-state index in [0.29, 0.717) is 18.8 Å². The molecule has 4 rings (SSSR count). The summed E-state index contributed by atoms with van der Waals surface area (Å²) in [6.07, 6.45) is 6.47. The monoisotopic (exact) mass is 393 g/mol. The third kappa shape index (κ3) is 3.59. The van der Waals surface area contributed by atoms with Crippen LogP contribution >= 0.6 is 0 Å². The number of hydrogen-bond donors (Lipinski definition) is 1. The number of nitrogens with zero attached hydrogens (tertiary/aromatic N) is 2. The van der Waals surface area contributed by atoms with Gasteiger partial charge in [-0.2, -0.15) is 0 Å². The lowest BCUT2D eigenvalue weighted by Crippen LogP contribution is -2.65. The summed E-state index contributed by atoms with van der Waals surface area (Å²) in [5.41, 5.74) is 1.83. The summed E-state index contributed by atoms with van der Waals surface area (Å²) in [7, 11) is 0. The minimum atomic E-state index is -0.889. The number of nitrogens with one attached hydrogen (secondary N) is 1. The molecule has 1 unspecified atom stereocenters. The van der Waals surface area contributed by atoms with Gasteiger partial charge >= 0.3 is 0 Å². The minimum absolute atomic E-state index is 0.0236. The van der Waals surface area contributed by atoms with Crippen LogP contribution in [0.5, 0.6) is 0 Å². The molecule has 2 heterocycles. The van der Waals surface area contributed by atoms with Gasteiger partial charge in [0.25, 0.3) is 5.91 Å². The number of carbonyl (C=O) groups excluding carboxylic acids is 2. The van der Waals surface area contributed by atoms with Crippen LogP contribution < -0.4 is 5.32 Å². The molecule has 0 spiro atoms. The maximum absolute atomic E-state index is 13.5. The third-order valence-corrected chi connectivity index (χ3v) is 6.45. The summed E-state index contributed by atoms with van der Waals surface area (Å²) in [4.78, 5) is 28.7. The Kier molecular flexibility index (Phi) is 5.48. The highest BCUT2D eigenvalue weighted by molar-refractivity contribution is 6.00. The molecule has 1 aromatic heterocycles. The van der Waals surface area contributed by atoms with Crippen molar-refractivity contribution in [3.05, 3.63) is 48.2 Å². The number of carbonyl (C=O) groups is 2. The highest BCUT2D eigenvalue weighted by Gasteiger charge is 2.47. The summed E-state index contributed by atoms with van der Waals surface area (Å²) in [6, 6.07) is 14.2. The molecule has 154 valence electrons. The van der Waals surface area contributed by atoms with Crippen molar-refractivity contribution in [2.24, 2.45) is 0 Å². The summed E-state index contributed by atoms with van der Waals surface area (Å²) < 4.78 is 2.03. The fourth-order valence-electron chi connectivity index (χ4n) is 4.80. The van der Waals surface area contributed by atoms with E-state index in [2.05, 4.69) is 12.2 Å². The van der Waals surface area contributed by atoms with Crippen LogP contribution in [0.25, 0.3) is 11.3 Å². The van der Waals surface area contributed by atoms with E-state index in [-0.39, 0.29) is 17.9 Å². The Morgan fingerprint density at radius 3 is 2.45 bits per heavy atom. The van der Waals surface area contributed by atoms with Gasteiger partial charge in [0, 0.05) is 18.3 Å². The van der Waals surface area contributed by atoms with Crippen molar-refractivity contribution in [1.82, 2.24) is 14.8 Å². The second-order valence-corrected chi connectivity index (χ2v) is 8.60. The Labute approximate surface area is 173 Å². The zero-order valence-corrected chi connectivity index (χ0v) is 17.5. The molecule has 1 atom stereocenters. The molecule has 5 heteroatoms. The molecular formula is C24H31N3O2. The van der Waals surface area contributed by atoms with E-state index in [4.69, 9.17) is 0 Å². The van der Waals surface area contributed by atoms with E-state index in [9.17, 15) is 9.59 Å². The quantitative estimate of drug-likeness (QED) is 0.827. The fourth-order valence-corrected chi connectivity index (χ4v) is 4.80. The summed E-state index contributed by atoms with van der Waals surface area (Å²) >= 11 is 0. The van der Waals surface area contributed by atoms with Crippen molar-refractivity contribution in [3.63, 3.8) is 0 Å². The zero-order chi connectivity index (χ0) is 20.4. The van der Waals surface area contributed by atoms with Gasteiger partial charge in [0.2, 0.25) is 5.91 Å². The number of amides is 2. The molecule has 29 heavy (non-hydrogen) atoms. The number of rotatable bonds is 5. The Balaban J connectivity index is 1.69. The second-order valence-electron chi connectivity index (χ2n) is 8.60. The topological polar surface area (TPSA) is 54.3 Å². The molecule has 2 aliphatic rings. The number of hydrogen-bond acceptors (Lipinski definition) is 2. The molecule has 1 saturated carbocycles. The Bertz CT molecular complexity index is 883. The van der Waals surface area contributed by atoms with E-state index >= 15 is 0 Å². The molecule has 2 amide bonds. The lowest BCUT2D eigenvalue weighted by atomic mass is 9.91. The van der Waals surface area contributed by atoms with Crippen LogP contribution in [0.1, 0.15) is 62.9 Å². The average molecular weight is 394 g/mol. The van der Waals surface area contributed by atoms with Crippen LogP contribution in [0, 0.1) is 0 Å². The van der Waals surface area contributed by atoms with Gasteiger partial charge in [0.15, 0.2) is 0 Å². The molecule has 2 aromatic rings. The fraction of sp³-hybridized carbons (Fsp3) is 0.500. The smallest absolute Gasteiger partial charge is 0.271 e. The maximum atomic E-state index is 13.5.